The summed E-state index contributed by atoms with van der Waals surface area (Å²) in [5.41, 5.74) is 1.95. The maximum Gasteiger partial charge on any atom is 0.346 e. The van der Waals surface area contributed by atoms with Crippen LogP contribution in [0.1, 0.15) is 19.4 Å². The third-order valence-electron chi connectivity index (χ3n) is 3.53. The highest BCUT2D eigenvalue weighted by atomic mass is 35.5. The Morgan fingerprint density at radius 2 is 1.85 bits per heavy atom. The van der Waals surface area contributed by atoms with E-state index in [-0.39, 0.29) is 18.4 Å². The molecule has 1 aromatic heterocycles. The van der Waals surface area contributed by atoms with Crippen LogP contribution in [0, 0.1) is 0 Å². The molecule has 0 saturated heterocycles. The lowest BCUT2D eigenvalue weighted by molar-refractivity contribution is 0.315. The Morgan fingerprint density at radius 3 is 2.58 bits per heavy atom. The van der Waals surface area contributed by atoms with Gasteiger partial charge in [0.15, 0.2) is 11.5 Å². The first-order valence-electron chi connectivity index (χ1n) is 8.30. The fraction of sp³-hybridized carbons (Fsp3) is 0.278. The molecule has 0 bridgehead atoms. The normalized spacial score (nSPS) is 10.2. The van der Waals surface area contributed by atoms with Crippen LogP contribution in [0.15, 0.2) is 48.5 Å². The molecule has 1 heterocycles. The number of rotatable bonds is 8. The summed E-state index contributed by atoms with van der Waals surface area (Å²) in [4.78, 5) is 0. The standard InChI is InChI=1S/C18H21N5O2.ClH/c1-3-19-13-14-10-11-16(17(12-14)24-4-2)25-18-20-21-22-23(18)15-8-6-5-7-9-15;/h5-12,19H,3-4,13H2,1-2H3;1H. The van der Waals surface area contributed by atoms with Crippen LogP contribution in [-0.2, 0) is 6.54 Å². The second-order valence-corrected chi connectivity index (χ2v) is 5.31. The van der Waals surface area contributed by atoms with E-state index < -0.39 is 0 Å². The molecule has 26 heavy (non-hydrogen) atoms. The fourth-order valence-electron chi connectivity index (χ4n) is 2.36. The summed E-state index contributed by atoms with van der Waals surface area (Å²) in [6.45, 7) is 6.25. The molecule has 0 aliphatic heterocycles. The minimum Gasteiger partial charge on any atom is -0.490 e. The van der Waals surface area contributed by atoms with E-state index >= 15 is 0 Å². The molecular formula is C18H22ClN5O2. The van der Waals surface area contributed by atoms with Gasteiger partial charge in [0, 0.05) is 6.54 Å². The molecule has 0 atom stereocenters. The van der Waals surface area contributed by atoms with E-state index in [1.165, 1.54) is 0 Å². The van der Waals surface area contributed by atoms with Crippen molar-refractivity contribution in [3.05, 3.63) is 54.1 Å². The van der Waals surface area contributed by atoms with Crippen LogP contribution in [0.5, 0.6) is 17.5 Å². The summed E-state index contributed by atoms with van der Waals surface area (Å²) < 4.78 is 13.2. The number of hydrogen-bond acceptors (Lipinski definition) is 6. The van der Waals surface area contributed by atoms with Gasteiger partial charge in [-0.15, -0.1) is 12.4 Å². The van der Waals surface area contributed by atoms with Crippen molar-refractivity contribution in [1.29, 1.82) is 0 Å². The summed E-state index contributed by atoms with van der Waals surface area (Å²) in [7, 11) is 0. The number of hydrogen-bond donors (Lipinski definition) is 1. The smallest absolute Gasteiger partial charge is 0.346 e. The van der Waals surface area contributed by atoms with Gasteiger partial charge in [-0.2, -0.15) is 4.68 Å². The molecular weight excluding hydrogens is 354 g/mol. The Morgan fingerprint density at radius 1 is 1.04 bits per heavy atom. The third kappa shape index (κ3) is 4.71. The number of halogens is 1. The van der Waals surface area contributed by atoms with E-state index in [0.717, 1.165) is 24.3 Å². The molecule has 0 spiro atoms. The van der Waals surface area contributed by atoms with Crippen LogP contribution in [0.2, 0.25) is 0 Å². The topological polar surface area (TPSA) is 74.1 Å². The van der Waals surface area contributed by atoms with Gasteiger partial charge in [0.25, 0.3) is 0 Å². The number of ether oxygens (including phenoxy) is 2. The van der Waals surface area contributed by atoms with Gasteiger partial charge in [-0.1, -0.05) is 36.3 Å². The van der Waals surface area contributed by atoms with Gasteiger partial charge in [-0.3, -0.25) is 0 Å². The van der Waals surface area contributed by atoms with Gasteiger partial charge >= 0.3 is 6.01 Å². The Bertz CT molecular complexity index is 810. The Balaban J connectivity index is 0.00000243. The SMILES string of the molecule is CCNCc1ccc(Oc2nnnn2-c2ccccc2)c(OCC)c1.Cl. The minimum atomic E-state index is 0. The number of aromatic nitrogens is 4. The van der Waals surface area contributed by atoms with Gasteiger partial charge in [-0.05, 0) is 53.7 Å². The molecule has 0 aliphatic rings. The zero-order valence-corrected chi connectivity index (χ0v) is 15.6. The molecule has 3 rings (SSSR count). The summed E-state index contributed by atoms with van der Waals surface area (Å²) >= 11 is 0. The van der Waals surface area contributed by atoms with E-state index in [9.17, 15) is 0 Å². The highest BCUT2D eigenvalue weighted by Crippen LogP contribution is 2.32. The lowest BCUT2D eigenvalue weighted by Gasteiger charge is -2.13. The maximum absolute atomic E-state index is 5.93. The summed E-state index contributed by atoms with van der Waals surface area (Å²) in [5.74, 6) is 1.24. The predicted octanol–water partition coefficient (Wildman–Crippen LogP) is 3.38. The second-order valence-electron chi connectivity index (χ2n) is 5.31. The van der Waals surface area contributed by atoms with Gasteiger partial charge in [0.2, 0.25) is 0 Å². The quantitative estimate of drug-likeness (QED) is 0.650. The lowest BCUT2D eigenvalue weighted by atomic mass is 10.2. The number of benzene rings is 2. The lowest BCUT2D eigenvalue weighted by Crippen LogP contribution is -2.11. The van der Waals surface area contributed by atoms with Crippen molar-refractivity contribution < 1.29 is 9.47 Å². The van der Waals surface area contributed by atoms with E-state index in [1.807, 2.05) is 55.5 Å². The monoisotopic (exact) mass is 375 g/mol. The summed E-state index contributed by atoms with van der Waals surface area (Å²) in [6.07, 6.45) is 0. The van der Waals surface area contributed by atoms with Gasteiger partial charge in [0.05, 0.1) is 12.3 Å². The number of nitrogens with zero attached hydrogens (tertiary/aromatic N) is 4. The maximum atomic E-state index is 5.93. The molecule has 0 unspecified atom stereocenters. The molecule has 7 nitrogen and oxygen atoms in total. The van der Waals surface area contributed by atoms with Crippen molar-refractivity contribution in [2.45, 2.75) is 20.4 Å². The zero-order chi connectivity index (χ0) is 17.5. The molecule has 0 fully saturated rings. The second kappa shape index (κ2) is 9.74. The van der Waals surface area contributed by atoms with Crippen LogP contribution >= 0.6 is 12.4 Å². The van der Waals surface area contributed by atoms with Crippen molar-refractivity contribution >= 4 is 12.4 Å². The zero-order valence-electron chi connectivity index (χ0n) is 14.8. The predicted molar refractivity (Wildman–Crippen MR) is 101 cm³/mol. The third-order valence-corrected chi connectivity index (χ3v) is 3.53. The van der Waals surface area contributed by atoms with Crippen LogP contribution in [-0.4, -0.2) is 33.4 Å². The van der Waals surface area contributed by atoms with Crippen molar-refractivity contribution in [2.24, 2.45) is 0 Å². The molecule has 0 aliphatic carbocycles. The molecule has 3 aromatic rings. The van der Waals surface area contributed by atoms with Gasteiger partial charge < -0.3 is 14.8 Å². The van der Waals surface area contributed by atoms with Crippen LogP contribution in [0.3, 0.4) is 0 Å². The number of tetrazole rings is 1. The van der Waals surface area contributed by atoms with Crippen molar-refractivity contribution in [2.75, 3.05) is 13.2 Å². The first-order chi connectivity index (χ1) is 12.3. The van der Waals surface area contributed by atoms with E-state index in [4.69, 9.17) is 9.47 Å². The van der Waals surface area contributed by atoms with E-state index in [0.29, 0.717) is 18.1 Å². The molecule has 0 radical (unpaired) electrons. The summed E-state index contributed by atoms with van der Waals surface area (Å²) in [5, 5.41) is 15.0. The van der Waals surface area contributed by atoms with Crippen LogP contribution in [0.4, 0.5) is 0 Å². The molecule has 1 N–H and O–H groups in total. The Hall–Kier alpha value is -2.64. The van der Waals surface area contributed by atoms with Crippen molar-refractivity contribution in [3.8, 4) is 23.2 Å². The Kier molecular flexibility index (Phi) is 7.37. The molecule has 138 valence electrons. The largest absolute Gasteiger partial charge is 0.490 e. The first-order valence-corrected chi connectivity index (χ1v) is 8.30. The molecule has 2 aromatic carbocycles. The number of para-hydroxylation sites is 1. The first kappa shape index (κ1) is 19.7. The average Bonchev–Trinajstić information content (AvgIpc) is 3.11. The fourth-order valence-corrected chi connectivity index (χ4v) is 2.36. The molecule has 0 amide bonds. The number of nitrogens with one attached hydrogen (secondary N) is 1. The minimum absolute atomic E-state index is 0. The van der Waals surface area contributed by atoms with E-state index in [2.05, 4.69) is 27.8 Å². The van der Waals surface area contributed by atoms with Crippen molar-refractivity contribution in [3.63, 3.8) is 0 Å². The van der Waals surface area contributed by atoms with Crippen LogP contribution < -0.4 is 14.8 Å². The van der Waals surface area contributed by atoms with Gasteiger partial charge in [0.1, 0.15) is 0 Å². The highest BCUT2D eigenvalue weighted by molar-refractivity contribution is 5.85. The van der Waals surface area contributed by atoms with Gasteiger partial charge in [-0.25, -0.2) is 0 Å². The highest BCUT2D eigenvalue weighted by Gasteiger charge is 2.14. The van der Waals surface area contributed by atoms with Crippen LogP contribution in [0.25, 0.3) is 5.69 Å². The Labute approximate surface area is 158 Å². The van der Waals surface area contributed by atoms with E-state index in [1.54, 1.807) is 4.68 Å². The average molecular weight is 376 g/mol. The molecule has 8 heteroatoms. The summed E-state index contributed by atoms with van der Waals surface area (Å²) in [6, 6.07) is 15.7. The molecule has 0 saturated carbocycles. The van der Waals surface area contributed by atoms with Crippen molar-refractivity contribution in [1.82, 2.24) is 25.5 Å².